The lowest BCUT2D eigenvalue weighted by Gasteiger charge is -2.32. The minimum absolute atomic E-state index is 0.0241. The molecule has 2 aliphatic heterocycles. The van der Waals surface area contributed by atoms with Crippen LogP contribution in [0.4, 0.5) is 11.6 Å². The molecule has 2 N–H and O–H groups in total. The lowest BCUT2D eigenvalue weighted by Crippen LogP contribution is -2.40. The van der Waals surface area contributed by atoms with Gasteiger partial charge in [-0.25, -0.2) is 15.0 Å². The highest BCUT2D eigenvalue weighted by atomic mass is 127. The Bertz CT molecular complexity index is 596. The molecule has 0 bridgehead atoms. The van der Waals surface area contributed by atoms with E-state index >= 15 is 0 Å². The number of halogens is 1. The van der Waals surface area contributed by atoms with E-state index in [4.69, 9.17) is 5.73 Å². The predicted molar refractivity (Wildman–Crippen MR) is 88.4 cm³/mol. The molecule has 112 valence electrons. The van der Waals surface area contributed by atoms with E-state index in [1.165, 1.54) is 12.4 Å². The van der Waals surface area contributed by atoms with Crippen molar-refractivity contribution >= 4 is 38.6 Å². The Balaban J connectivity index is 1.61. The normalized spacial score (nSPS) is 18.3. The van der Waals surface area contributed by atoms with Crippen molar-refractivity contribution in [1.29, 1.82) is 0 Å². The highest BCUT2D eigenvalue weighted by molar-refractivity contribution is 14.2. The summed E-state index contributed by atoms with van der Waals surface area (Å²) in [6, 6.07) is 0. The highest BCUT2D eigenvalue weighted by Crippen LogP contribution is 2.36. The Kier molecular flexibility index (Phi) is 4.13. The maximum absolute atomic E-state index is 11.6. The maximum atomic E-state index is 11.6. The molecule has 1 aromatic heterocycles. The van der Waals surface area contributed by atoms with Gasteiger partial charge in [0, 0.05) is 19.6 Å². The summed E-state index contributed by atoms with van der Waals surface area (Å²) in [5.74, 6) is 1.98. The van der Waals surface area contributed by atoms with E-state index in [9.17, 15) is 4.79 Å². The molecule has 0 atom stereocenters. The first-order valence-corrected chi connectivity index (χ1v) is 8.88. The second-order valence-electron chi connectivity index (χ2n) is 5.11. The van der Waals surface area contributed by atoms with Crippen molar-refractivity contribution in [2.45, 2.75) is 12.8 Å². The van der Waals surface area contributed by atoms with Gasteiger partial charge in [0.05, 0.1) is 21.0 Å². The average molecular weight is 400 g/mol. The smallest absolute Gasteiger partial charge is 0.245 e. The van der Waals surface area contributed by atoms with Gasteiger partial charge in [0.25, 0.3) is 0 Å². The standard InChI is InChI=1S/C13H17IN6O/c1-2-10(21)19-5-3-9(4-6-19)7-20-13-11(14-18-20)12(15)16-8-17-13/h2,8-9H,1,3-7H2,(H2,15,16,17). The number of hydrogen-bond acceptors (Lipinski definition) is 6. The summed E-state index contributed by atoms with van der Waals surface area (Å²) >= 11 is -0.468. The second kappa shape index (κ2) is 6.04. The van der Waals surface area contributed by atoms with Crippen LogP contribution >= 0.6 is 21.0 Å². The van der Waals surface area contributed by atoms with E-state index in [2.05, 4.69) is 19.8 Å². The molecule has 0 spiro atoms. The van der Waals surface area contributed by atoms with Gasteiger partial charge in [-0.1, -0.05) is 6.58 Å². The maximum Gasteiger partial charge on any atom is 0.245 e. The van der Waals surface area contributed by atoms with Crippen molar-refractivity contribution in [3.05, 3.63) is 22.6 Å². The number of anilines is 2. The minimum atomic E-state index is -0.468. The summed E-state index contributed by atoms with van der Waals surface area (Å²) in [5.41, 5.74) is 5.87. The molecule has 1 fully saturated rings. The molecule has 0 aliphatic carbocycles. The van der Waals surface area contributed by atoms with Crippen molar-refractivity contribution in [1.82, 2.24) is 14.9 Å². The van der Waals surface area contributed by atoms with Crippen LogP contribution in [-0.2, 0) is 4.79 Å². The third kappa shape index (κ3) is 2.89. The Hall–Kier alpha value is -1.58. The number of hydrogen-bond donors (Lipinski definition) is 1. The topological polar surface area (TPSA) is 87.7 Å². The third-order valence-corrected chi connectivity index (χ3v) is 6.04. The molecule has 0 radical (unpaired) electrons. The molecule has 0 aromatic carbocycles. The van der Waals surface area contributed by atoms with Crippen LogP contribution in [0.1, 0.15) is 12.8 Å². The number of rotatable bonds is 3. The van der Waals surface area contributed by atoms with Crippen LogP contribution in [0.2, 0.25) is 0 Å². The van der Waals surface area contributed by atoms with Gasteiger partial charge >= 0.3 is 0 Å². The Labute approximate surface area is 133 Å². The molecule has 3 heterocycles. The van der Waals surface area contributed by atoms with Crippen molar-refractivity contribution in [3.63, 3.8) is 0 Å². The summed E-state index contributed by atoms with van der Waals surface area (Å²) in [7, 11) is 0. The van der Waals surface area contributed by atoms with E-state index in [1.54, 1.807) is 0 Å². The third-order valence-electron chi connectivity index (χ3n) is 3.79. The van der Waals surface area contributed by atoms with Gasteiger partial charge in [-0.3, -0.25) is 4.79 Å². The zero-order valence-corrected chi connectivity index (χ0v) is 13.7. The van der Waals surface area contributed by atoms with Crippen LogP contribution in [0, 0.1) is 9.49 Å². The first-order chi connectivity index (χ1) is 10.2. The van der Waals surface area contributed by atoms with Gasteiger partial charge in [0.15, 0.2) is 5.82 Å². The first kappa shape index (κ1) is 14.4. The van der Waals surface area contributed by atoms with Crippen molar-refractivity contribution in [2.24, 2.45) is 9.17 Å². The molecule has 8 heteroatoms. The molecule has 1 aromatic rings. The number of aromatic nitrogens is 2. The summed E-state index contributed by atoms with van der Waals surface area (Å²) < 4.78 is 5.62. The molecule has 3 rings (SSSR count). The van der Waals surface area contributed by atoms with Crippen molar-refractivity contribution in [3.8, 4) is 0 Å². The fourth-order valence-electron chi connectivity index (χ4n) is 2.58. The van der Waals surface area contributed by atoms with Gasteiger partial charge in [-0.15, -0.1) is 3.25 Å². The summed E-state index contributed by atoms with van der Waals surface area (Å²) in [5, 5.41) is 1.98. The largest absolute Gasteiger partial charge is 0.383 e. The highest BCUT2D eigenvalue weighted by Gasteiger charge is 2.27. The number of carbonyl (C=O) groups is 1. The van der Waals surface area contributed by atoms with Gasteiger partial charge in [0.2, 0.25) is 5.91 Å². The molecular formula is C13H17IN6O. The van der Waals surface area contributed by atoms with Crippen LogP contribution in [0.25, 0.3) is 0 Å². The Morgan fingerprint density at radius 3 is 2.95 bits per heavy atom. The SMILES string of the molecule is C=CC(=O)N1CCC(CN2N=Ic3c(N)ncnc32)CC1. The lowest BCUT2D eigenvalue weighted by atomic mass is 9.96. The number of nitrogens with zero attached hydrogens (tertiary/aromatic N) is 5. The van der Waals surface area contributed by atoms with Gasteiger partial charge in [-0.05, 0) is 24.8 Å². The molecule has 7 nitrogen and oxygen atoms in total. The summed E-state index contributed by atoms with van der Waals surface area (Å²) in [6.45, 7) is 5.96. The average Bonchev–Trinajstić information content (AvgIpc) is 2.92. The zero-order valence-electron chi connectivity index (χ0n) is 11.6. The molecule has 1 saturated heterocycles. The number of fused-ring (bicyclic) bond motifs is 1. The number of likely N-dealkylation sites (tertiary alicyclic amines) is 1. The minimum Gasteiger partial charge on any atom is -0.383 e. The van der Waals surface area contributed by atoms with Crippen molar-refractivity contribution < 1.29 is 4.79 Å². The molecule has 0 saturated carbocycles. The molecule has 0 unspecified atom stereocenters. The lowest BCUT2D eigenvalue weighted by molar-refractivity contribution is -0.127. The quantitative estimate of drug-likeness (QED) is 0.615. The van der Waals surface area contributed by atoms with Gasteiger partial charge < -0.3 is 10.6 Å². The van der Waals surface area contributed by atoms with E-state index in [0.717, 1.165) is 41.9 Å². The first-order valence-electron chi connectivity index (χ1n) is 6.83. The van der Waals surface area contributed by atoms with E-state index in [-0.39, 0.29) is 5.91 Å². The van der Waals surface area contributed by atoms with Crippen LogP contribution < -0.4 is 10.7 Å². The summed E-state index contributed by atoms with van der Waals surface area (Å²) in [4.78, 5) is 21.8. The fraction of sp³-hybridized carbons (Fsp3) is 0.462. The second-order valence-corrected chi connectivity index (χ2v) is 7.10. The van der Waals surface area contributed by atoms with E-state index in [0.29, 0.717) is 11.7 Å². The number of nitrogens with two attached hydrogens (primary N) is 1. The van der Waals surface area contributed by atoms with E-state index in [1.807, 2.05) is 9.91 Å². The monoisotopic (exact) mass is 400 g/mol. The van der Waals surface area contributed by atoms with E-state index < -0.39 is 21.0 Å². The molecular weight excluding hydrogens is 383 g/mol. The van der Waals surface area contributed by atoms with Gasteiger partial charge in [0.1, 0.15) is 15.7 Å². The number of amides is 1. The van der Waals surface area contributed by atoms with Crippen LogP contribution in [0.5, 0.6) is 0 Å². The Morgan fingerprint density at radius 1 is 1.48 bits per heavy atom. The summed E-state index contributed by atoms with van der Waals surface area (Å²) in [6.07, 6.45) is 4.85. The van der Waals surface area contributed by atoms with Crippen LogP contribution in [-0.4, -0.2) is 40.4 Å². The fourth-order valence-corrected chi connectivity index (χ4v) is 4.46. The predicted octanol–water partition coefficient (Wildman–Crippen LogP) is 1.54. The Morgan fingerprint density at radius 2 is 2.24 bits per heavy atom. The number of piperidine rings is 1. The van der Waals surface area contributed by atoms with Crippen LogP contribution in [0.3, 0.4) is 0 Å². The van der Waals surface area contributed by atoms with Crippen molar-refractivity contribution in [2.75, 3.05) is 30.4 Å². The number of carbonyl (C=O) groups excluding carboxylic acids is 1. The molecule has 21 heavy (non-hydrogen) atoms. The van der Waals surface area contributed by atoms with Gasteiger partial charge in [-0.2, -0.15) is 0 Å². The number of nitrogen functional groups attached to an aromatic ring is 1. The van der Waals surface area contributed by atoms with Crippen LogP contribution in [0.15, 0.2) is 22.2 Å². The molecule has 2 aliphatic rings. The molecule has 1 amide bonds. The zero-order chi connectivity index (χ0) is 14.8.